The Hall–Kier alpha value is -1.19. The van der Waals surface area contributed by atoms with Crippen LogP contribution in [0.15, 0.2) is 46.9 Å². The van der Waals surface area contributed by atoms with E-state index >= 15 is 0 Å². The smallest absolute Gasteiger partial charge is 0.129 e. The predicted octanol–water partition coefficient (Wildman–Crippen LogP) is 3.98. The van der Waals surface area contributed by atoms with Crippen molar-refractivity contribution in [2.45, 2.75) is 13.0 Å². The molecule has 0 radical (unpaired) electrons. The molecule has 0 bridgehead atoms. The van der Waals surface area contributed by atoms with Gasteiger partial charge in [-0.05, 0) is 36.2 Å². The number of aliphatic hydroxyl groups is 1. The van der Waals surface area contributed by atoms with E-state index in [1.54, 1.807) is 24.3 Å². The zero-order valence-corrected chi connectivity index (χ0v) is 10.9. The summed E-state index contributed by atoms with van der Waals surface area (Å²) in [6.45, 7) is 1.82. The molecule has 0 fully saturated rings. The van der Waals surface area contributed by atoms with E-state index in [-0.39, 0.29) is 5.82 Å². The summed E-state index contributed by atoms with van der Waals surface area (Å²) in [5.74, 6) is -0.375. The van der Waals surface area contributed by atoms with Gasteiger partial charge in [-0.25, -0.2) is 4.39 Å². The lowest BCUT2D eigenvalue weighted by Crippen LogP contribution is -2.02. The molecule has 0 saturated carbocycles. The van der Waals surface area contributed by atoms with Crippen molar-refractivity contribution in [3.63, 3.8) is 0 Å². The second-order valence-electron chi connectivity index (χ2n) is 3.98. The average molecular weight is 295 g/mol. The van der Waals surface area contributed by atoms with Crippen molar-refractivity contribution in [2.24, 2.45) is 0 Å². The first-order chi connectivity index (χ1) is 8.08. The third-order valence-electron chi connectivity index (χ3n) is 2.64. The fraction of sp³-hybridized carbons (Fsp3) is 0.143. The SMILES string of the molecule is Cc1ccc(C(O)c2ccc(Br)cc2)c(F)c1. The van der Waals surface area contributed by atoms with Gasteiger partial charge < -0.3 is 5.11 Å². The van der Waals surface area contributed by atoms with Crippen molar-refractivity contribution in [1.82, 2.24) is 0 Å². The number of hydrogen-bond donors (Lipinski definition) is 1. The molecule has 0 aliphatic heterocycles. The van der Waals surface area contributed by atoms with Crippen molar-refractivity contribution < 1.29 is 9.50 Å². The molecule has 2 aromatic carbocycles. The first kappa shape index (κ1) is 12.3. The van der Waals surface area contributed by atoms with E-state index in [1.807, 2.05) is 19.1 Å². The second-order valence-corrected chi connectivity index (χ2v) is 4.89. The molecule has 1 atom stereocenters. The average Bonchev–Trinajstić information content (AvgIpc) is 2.29. The fourth-order valence-electron chi connectivity index (χ4n) is 1.68. The van der Waals surface area contributed by atoms with Crippen LogP contribution < -0.4 is 0 Å². The lowest BCUT2D eigenvalue weighted by Gasteiger charge is -2.13. The van der Waals surface area contributed by atoms with Crippen LogP contribution in [0.5, 0.6) is 0 Å². The minimum atomic E-state index is -0.927. The highest BCUT2D eigenvalue weighted by atomic mass is 79.9. The van der Waals surface area contributed by atoms with Crippen LogP contribution in [0.4, 0.5) is 4.39 Å². The van der Waals surface area contributed by atoms with E-state index in [4.69, 9.17) is 0 Å². The molecule has 88 valence electrons. The summed E-state index contributed by atoms with van der Waals surface area (Å²) in [5.41, 5.74) is 1.82. The second kappa shape index (κ2) is 4.98. The van der Waals surface area contributed by atoms with Crippen molar-refractivity contribution in [3.8, 4) is 0 Å². The molecule has 3 heteroatoms. The lowest BCUT2D eigenvalue weighted by atomic mass is 10.00. The maximum absolute atomic E-state index is 13.7. The van der Waals surface area contributed by atoms with Crippen molar-refractivity contribution in [2.75, 3.05) is 0 Å². The van der Waals surface area contributed by atoms with Crippen LogP contribution in [0.2, 0.25) is 0 Å². The molecule has 0 amide bonds. The Balaban J connectivity index is 2.36. The van der Waals surface area contributed by atoms with Gasteiger partial charge in [-0.1, -0.05) is 40.2 Å². The number of rotatable bonds is 2. The Morgan fingerprint density at radius 3 is 2.35 bits per heavy atom. The molecule has 0 saturated heterocycles. The van der Waals surface area contributed by atoms with Crippen molar-refractivity contribution >= 4 is 15.9 Å². The van der Waals surface area contributed by atoms with Gasteiger partial charge >= 0.3 is 0 Å². The number of benzene rings is 2. The molecule has 1 nitrogen and oxygen atoms in total. The minimum Gasteiger partial charge on any atom is -0.384 e. The van der Waals surface area contributed by atoms with Crippen LogP contribution in [0.1, 0.15) is 22.8 Å². The van der Waals surface area contributed by atoms with Gasteiger partial charge in [0.05, 0.1) is 0 Å². The third kappa shape index (κ3) is 2.73. The van der Waals surface area contributed by atoms with Crippen LogP contribution in [0.25, 0.3) is 0 Å². The van der Waals surface area contributed by atoms with Gasteiger partial charge in [0.25, 0.3) is 0 Å². The zero-order chi connectivity index (χ0) is 12.4. The quantitative estimate of drug-likeness (QED) is 0.888. The largest absolute Gasteiger partial charge is 0.384 e. The molecule has 0 aromatic heterocycles. The summed E-state index contributed by atoms with van der Waals surface area (Å²) in [5, 5.41) is 10.1. The molecule has 0 aliphatic carbocycles. The highest BCUT2D eigenvalue weighted by Gasteiger charge is 2.14. The summed E-state index contributed by atoms with van der Waals surface area (Å²) >= 11 is 3.32. The first-order valence-electron chi connectivity index (χ1n) is 5.27. The van der Waals surface area contributed by atoms with Crippen LogP contribution in [0, 0.1) is 12.7 Å². The lowest BCUT2D eigenvalue weighted by molar-refractivity contribution is 0.215. The summed E-state index contributed by atoms with van der Waals surface area (Å²) in [7, 11) is 0. The normalized spacial score (nSPS) is 12.5. The van der Waals surface area contributed by atoms with Crippen molar-refractivity contribution in [3.05, 3.63) is 69.4 Å². The number of aryl methyl sites for hydroxylation is 1. The van der Waals surface area contributed by atoms with E-state index < -0.39 is 6.10 Å². The summed E-state index contributed by atoms with van der Waals surface area (Å²) in [6.07, 6.45) is -0.927. The van der Waals surface area contributed by atoms with E-state index in [0.717, 1.165) is 10.0 Å². The Kier molecular flexibility index (Phi) is 3.60. The number of aliphatic hydroxyl groups excluding tert-OH is 1. The fourth-order valence-corrected chi connectivity index (χ4v) is 1.94. The summed E-state index contributed by atoms with van der Waals surface area (Å²) < 4.78 is 14.6. The van der Waals surface area contributed by atoms with Crippen LogP contribution >= 0.6 is 15.9 Å². The van der Waals surface area contributed by atoms with Gasteiger partial charge in [0, 0.05) is 10.0 Å². The van der Waals surface area contributed by atoms with E-state index in [0.29, 0.717) is 11.1 Å². The van der Waals surface area contributed by atoms with Gasteiger partial charge in [0.15, 0.2) is 0 Å². The molecular weight excluding hydrogens is 283 g/mol. The van der Waals surface area contributed by atoms with Crippen LogP contribution in [-0.4, -0.2) is 5.11 Å². The topological polar surface area (TPSA) is 20.2 Å². The molecule has 1 N–H and O–H groups in total. The Morgan fingerprint density at radius 2 is 1.76 bits per heavy atom. The maximum atomic E-state index is 13.7. The Labute approximate surface area is 108 Å². The standard InChI is InChI=1S/C14H12BrFO/c1-9-2-7-12(13(16)8-9)14(17)10-3-5-11(15)6-4-10/h2-8,14,17H,1H3. The molecule has 2 aromatic rings. The number of halogens is 2. The van der Waals surface area contributed by atoms with E-state index in [1.165, 1.54) is 6.07 Å². The molecule has 1 unspecified atom stereocenters. The Morgan fingerprint density at radius 1 is 1.12 bits per heavy atom. The molecule has 0 spiro atoms. The maximum Gasteiger partial charge on any atom is 0.129 e. The predicted molar refractivity (Wildman–Crippen MR) is 69.3 cm³/mol. The van der Waals surface area contributed by atoms with Gasteiger partial charge in [0.2, 0.25) is 0 Å². The highest BCUT2D eigenvalue weighted by molar-refractivity contribution is 9.10. The van der Waals surface area contributed by atoms with Gasteiger partial charge in [-0.15, -0.1) is 0 Å². The van der Waals surface area contributed by atoms with Gasteiger partial charge in [-0.2, -0.15) is 0 Å². The molecular formula is C14H12BrFO. The monoisotopic (exact) mass is 294 g/mol. The molecule has 0 aliphatic rings. The summed E-state index contributed by atoms with van der Waals surface area (Å²) in [4.78, 5) is 0. The molecule has 17 heavy (non-hydrogen) atoms. The van der Waals surface area contributed by atoms with Crippen LogP contribution in [-0.2, 0) is 0 Å². The van der Waals surface area contributed by atoms with Crippen molar-refractivity contribution in [1.29, 1.82) is 0 Å². The van der Waals surface area contributed by atoms with Crippen LogP contribution in [0.3, 0.4) is 0 Å². The highest BCUT2D eigenvalue weighted by Crippen LogP contribution is 2.25. The summed E-state index contributed by atoms with van der Waals surface area (Å²) in [6, 6.07) is 12.0. The number of hydrogen-bond acceptors (Lipinski definition) is 1. The molecule has 0 heterocycles. The third-order valence-corrected chi connectivity index (χ3v) is 3.16. The van der Waals surface area contributed by atoms with E-state index in [9.17, 15) is 9.50 Å². The zero-order valence-electron chi connectivity index (χ0n) is 9.32. The first-order valence-corrected chi connectivity index (χ1v) is 6.07. The molecule has 2 rings (SSSR count). The minimum absolute atomic E-state index is 0.304. The van der Waals surface area contributed by atoms with Gasteiger partial charge in [-0.3, -0.25) is 0 Å². The van der Waals surface area contributed by atoms with Gasteiger partial charge in [0.1, 0.15) is 11.9 Å². The Bertz CT molecular complexity index is 522. The van der Waals surface area contributed by atoms with E-state index in [2.05, 4.69) is 15.9 Å².